The zero-order chi connectivity index (χ0) is 17.4. The lowest BCUT2D eigenvalue weighted by Gasteiger charge is -2.27. The first kappa shape index (κ1) is 16.0. The van der Waals surface area contributed by atoms with Gasteiger partial charge in [-0.1, -0.05) is 30.3 Å². The molecular weight excluding hydrogens is 336 g/mol. The monoisotopic (exact) mass is 356 g/mol. The fraction of sp³-hybridized carbons (Fsp3) is 0.294. The van der Waals surface area contributed by atoms with Gasteiger partial charge in [0.2, 0.25) is 5.95 Å². The van der Waals surface area contributed by atoms with Crippen molar-refractivity contribution in [3.05, 3.63) is 48.0 Å². The topological polar surface area (TPSA) is 100 Å². The van der Waals surface area contributed by atoms with E-state index in [0.29, 0.717) is 11.5 Å². The van der Waals surface area contributed by atoms with Crippen LogP contribution < -0.4 is 5.73 Å². The van der Waals surface area contributed by atoms with Gasteiger partial charge in [0.15, 0.2) is 5.65 Å². The van der Waals surface area contributed by atoms with Crippen molar-refractivity contribution in [1.29, 1.82) is 4.78 Å². The summed E-state index contributed by atoms with van der Waals surface area (Å²) < 4.78 is 21.1. The summed E-state index contributed by atoms with van der Waals surface area (Å²) in [6.45, 7) is 2.26. The van der Waals surface area contributed by atoms with E-state index in [9.17, 15) is 4.21 Å². The molecule has 0 bridgehead atoms. The predicted molar refractivity (Wildman–Crippen MR) is 98.7 cm³/mol. The summed E-state index contributed by atoms with van der Waals surface area (Å²) in [7, 11) is -2.34. The fourth-order valence-electron chi connectivity index (χ4n) is 3.10. The maximum Gasteiger partial charge on any atom is 0.240 e. The van der Waals surface area contributed by atoms with Crippen LogP contribution in [0.5, 0.6) is 0 Å². The third-order valence-electron chi connectivity index (χ3n) is 4.51. The molecule has 130 valence electrons. The number of nitrogens with two attached hydrogens (primary N) is 1. The van der Waals surface area contributed by atoms with Crippen molar-refractivity contribution < 1.29 is 4.21 Å². The molecular formula is C17H20N6OS. The molecule has 25 heavy (non-hydrogen) atoms. The summed E-state index contributed by atoms with van der Waals surface area (Å²) in [5, 5.41) is 4.25. The van der Waals surface area contributed by atoms with E-state index in [2.05, 4.69) is 39.2 Å². The van der Waals surface area contributed by atoms with E-state index in [-0.39, 0.29) is 5.95 Å². The van der Waals surface area contributed by atoms with Crippen LogP contribution in [0, 0.1) is 4.78 Å². The van der Waals surface area contributed by atoms with E-state index in [1.165, 1.54) is 5.56 Å². The normalized spacial score (nSPS) is 17.8. The molecule has 0 radical (unpaired) electrons. The third kappa shape index (κ3) is 3.35. The quantitative estimate of drug-likeness (QED) is 0.746. The highest BCUT2D eigenvalue weighted by Crippen LogP contribution is 2.21. The van der Waals surface area contributed by atoms with Crippen molar-refractivity contribution in [3.8, 4) is 11.3 Å². The van der Waals surface area contributed by atoms with E-state index < -0.39 is 9.73 Å². The summed E-state index contributed by atoms with van der Waals surface area (Å²) in [6, 6.07) is 14.1. The SMILES string of the molecule is N=S1(=O)CCN(Cc2ccc(-c3cccc4nc(N)nn34)cc2)CC1. The number of benzene rings is 1. The number of pyridine rings is 1. The van der Waals surface area contributed by atoms with Crippen molar-refractivity contribution in [2.24, 2.45) is 0 Å². The minimum Gasteiger partial charge on any atom is -0.366 e. The summed E-state index contributed by atoms with van der Waals surface area (Å²) >= 11 is 0. The van der Waals surface area contributed by atoms with Gasteiger partial charge in [0.25, 0.3) is 0 Å². The molecule has 1 aromatic carbocycles. The zero-order valence-electron chi connectivity index (χ0n) is 13.8. The molecule has 1 aliphatic rings. The molecule has 1 fully saturated rings. The molecule has 1 aliphatic heterocycles. The molecule has 7 nitrogen and oxygen atoms in total. The average Bonchev–Trinajstić information content (AvgIpc) is 2.98. The molecule has 0 saturated carbocycles. The summed E-state index contributed by atoms with van der Waals surface area (Å²) in [5.74, 6) is 1.21. The second kappa shape index (κ2) is 6.12. The maximum absolute atomic E-state index is 11.7. The van der Waals surface area contributed by atoms with E-state index in [1.807, 2.05) is 18.2 Å². The number of hydrogen-bond acceptors (Lipinski definition) is 6. The molecule has 0 atom stereocenters. The van der Waals surface area contributed by atoms with Gasteiger partial charge in [-0.25, -0.2) is 8.72 Å². The van der Waals surface area contributed by atoms with Crippen LogP contribution in [-0.2, 0) is 16.3 Å². The van der Waals surface area contributed by atoms with Crippen molar-refractivity contribution in [1.82, 2.24) is 19.5 Å². The Hall–Kier alpha value is -2.45. The standard InChI is InChI=1S/C17H20N6OS/c18-17-20-16-3-1-2-15(23(16)21-17)14-6-4-13(5-7-14)12-22-8-10-25(19,24)11-9-22/h1-7,19H,8-12H2,(H2,18,21). The largest absolute Gasteiger partial charge is 0.366 e. The van der Waals surface area contributed by atoms with Gasteiger partial charge >= 0.3 is 0 Å². The Bertz CT molecular complexity index is 995. The number of nitrogen functional groups attached to an aromatic ring is 1. The first-order chi connectivity index (χ1) is 12.0. The Kier molecular flexibility index (Phi) is 3.93. The molecule has 3 aromatic rings. The van der Waals surface area contributed by atoms with Crippen molar-refractivity contribution in [2.75, 3.05) is 30.3 Å². The van der Waals surface area contributed by atoms with Crippen molar-refractivity contribution >= 4 is 21.3 Å². The molecule has 8 heteroatoms. The molecule has 0 amide bonds. The van der Waals surface area contributed by atoms with Crippen LogP contribution in [0.2, 0.25) is 0 Å². The van der Waals surface area contributed by atoms with Crippen LogP contribution in [0.1, 0.15) is 5.56 Å². The van der Waals surface area contributed by atoms with Gasteiger partial charge in [0, 0.05) is 46.4 Å². The van der Waals surface area contributed by atoms with Crippen LogP contribution >= 0.6 is 0 Å². The third-order valence-corrected chi connectivity index (χ3v) is 6.19. The molecule has 1 saturated heterocycles. The highest BCUT2D eigenvalue weighted by atomic mass is 32.2. The Morgan fingerprint density at radius 2 is 1.84 bits per heavy atom. The Labute approximate surface area is 146 Å². The van der Waals surface area contributed by atoms with Crippen LogP contribution in [0.15, 0.2) is 42.5 Å². The Morgan fingerprint density at radius 3 is 2.56 bits per heavy atom. The fourth-order valence-corrected chi connectivity index (χ4v) is 4.41. The minimum atomic E-state index is -2.34. The van der Waals surface area contributed by atoms with Crippen LogP contribution in [0.4, 0.5) is 5.95 Å². The average molecular weight is 356 g/mol. The van der Waals surface area contributed by atoms with E-state index in [0.717, 1.165) is 36.5 Å². The first-order valence-electron chi connectivity index (χ1n) is 8.17. The van der Waals surface area contributed by atoms with Gasteiger partial charge in [-0.15, -0.1) is 5.10 Å². The summed E-state index contributed by atoms with van der Waals surface area (Å²) in [5.41, 5.74) is 9.62. The molecule has 3 heterocycles. The highest BCUT2D eigenvalue weighted by Gasteiger charge is 2.18. The van der Waals surface area contributed by atoms with Gasteiger partial charge in [-0.3, -0.25) is 9.68 Å². The number of anilines is 1. The van der Waals surface area contributed by atoms with Gasteiger partial charge < -0.3 is 5.73 Å². The second-order valence-corrected chi connectivity index (χ2v) is 8.78. The van der Waals surface area contributed by atoms with Crippen LogP contribution in [0.3, 0.4) is 0 Å². The lowest BCUT2D eigenvalue weighted by atomic mass is 10.1. The number of nitrogens with zero attached hydrogens (tertiary/aromatic N) is 4. The zero-order valence-corrected chi connectivity index (χ0v) is 14.6. The molecule has 0 unspecified atom stereocenters. The number of nitrogens with one attached hydrogen (secondary N) is 1. The van der Waals surface area contributed by atoms with E-state index >= 15 is 0 Å². The first-order valence-corrected chi connectivity index (χ1v) is 10.1. The van der Waals surface area contributed by atoms with Gasteiger partial charge in [-0.2, -0.15) is 4.98 Å². The number of rotatable bonds is 3. The Balaban J connectivity index is 1.54. The van der Waals surface area contributed by atoms with Crippen molar-refractivity contribution in [2.45, 2.75) is 6.54 Å². The molecule has 2 aromatic heterocycles. The van der Waals surface area contributed by atoms with E-state index in [4.69, 9.17) is 10.5 Å². The van der Waals surface area contributed by atoms with Crippen molar-refractivity contribution in [3.63, 3.8) is 0 Å². The van der Waals surface area contributed by atoms with Crippen LogP contribution in [0.25, 0.3) is 16.9 Å². The van der Waals surface area contributed by atoms with E-state index in [1.54, 1.807) is 4.52 Å². The van der Waals surface area contributed by atoms with Gasteiger partial charge in [-0.05, 0) is 17.7 Å². The van der Waals surface area contributed by atoms with Gasteiger partial charge in [0.1, 0.15) is 0 Å². The number of fused-ring (bicyclic) bond motifs is 1. The van der Waals surface area contributed by atoms with Crippen LogP contribution in [-0.4, -0.2) is 48.3 Å². The lowest BCUT2D eigenvalue weighted by molar-refractivity contribution is 0.290. The minimum absolute atomic E-state index is 0.264. The highest BCUT2D eigenvalue weighted by molar-refractivity contribution is 7.92. The lowest BCUT2D eigenvalue weighted by Crippen LogP contribution is -2.39. The molecule has 4 rings (SSSR count). The number of aromatic nitrogens is 3. The number of hydrogen-bond donors (Lipinski definition) is 2. The Morgan fingerprint density at radius 1 is 1.12 bits per heavy atom. The predicted octanol–water partition coefficient (Wildman–Crippen LogP) is 1.84. The second-order valence-electron chi connectivity index (χ2n) is 6.34. The summed E-state index contributed by atoms with van der Waals surface area (Å²) in [6.07, 6.45) is 0. The molecule has 3 N–H and O–H groups in total. The smallest absolute Gasteiger partial charge is 0.240 e. The maximum atomic E-state index is 11.7. The molecule has 0 aliphatic carbocycles. The molecule has 0 spiro atoms. The summed E-state index contributed by atoms with van der Waals surface area (Å²) in [4.78, 5) is 6.45. The van der Waals surface area contributed by atoms with Gasteiger partial charge in [0.05, 0.1) is 5.69 Å².